The maximum absolute atomic E-state index is 10.9. The van der Waals surface area contributed by atoms with Crippen LogP contribution in [0.2, 0.25) is 0 Å². The Kier molecular flexibility index (Phi) is 3.61. The van der Waals surface area contributed by atoms with Gasteiger partial charge in [-0.2, -0.15) is 0 Å². The molecule has 0 saturated heterocycles. The van der Waals surface area contributed by atoms with Crippen LogP contribution in [0.3, 0.4) is 0 Å². The number of nitrogens with one attached hydrogen (secondary N) is 2. The summed E-state index contributed by atoms with van der Waals surface area (Å²) in [5.41, 5.74) is 0. The van der Waals surface area contributed by atoms with E-state index in [1.165, 1.54) is 18.2 Å². The largest absolute Gasteiger partial charge is 0.289 e. The van der Waals surface area contributed by atoms with Gasteiger partial charge in [-0.3, -0.25) is 14.0 Å². The summed E-state index contributed by atoms with van der Waals surface area (Å²) in [6.07, 6.45) is 0.985. The molecule has 0 radical (unpaired) electrons. The van der Waals surface area contributed by atoms with Crippen molar-refractivity contribution in [2.45, 2.75) is 0 Å². The summed E-state index contributed by atoms with van der Waals surface area (Å²) in [7, 11) is -3.40. The first kappa shape index (κ1) is 11.9. The van der Waals surface area contributed by atoms with E-state index >= 15 is 0 Å². The quantitative estimate of drug-likeness (QED) is 0.653. The smallest absolute Gasteiger partial charge is 0.260 e. The van der Waals surface area contributed by atoms with Gasteiger partial charge in [-0.15, -0.1) is 0 Å². The van der Waals surface area contributed by atoms with Crippen LogP contribution in [-0.2, 0) is 21.3 Å². The summed E-state index contributed by atoms with van der Waals surface area (Å²) >= 11 is -2.24. The van der Waals surface area contributed by atoms with Gasteiger partial charge in [-0.1, -0.05) is 6.07 Å². The average molecular weight is 251 g/mol. The Hall–Kier alpha value is -1.19. The normalized spacial score (nSPS) is 13.2. The lowest BCUT2D eigenvalue weighted by atomic mass is 10.4. The maximum Gasteiger partial charge on any atom is 0.260 e. The lowest BCUT2D eigenvalue weighted by molar-refractivity contribution is 0.570. The molecule has 1 aromatic rings. The highest BCUT2D eigenvalue weighted by Crippen LogP contribution is 2.10. The van der Waals surface area contributed by atoms with Crippen molar-refractivity contribution in [1.29, 1.82) is 0 Å². The number of rotatable bonds is 4. The zero-order valence-corrected chi connectivity index (χ0v) is 9.30. The molecule has 15 heavy (non-hydrogen) atoms. The number of nitrogens with zero attached hydrogens (tertiary/aromatic N) is 1. The summed E-state index contributed by atoms with van der Waals surface area (Å²) in [4.78, 5) is 3.74. The molecule has 1 aromatic heterocycles. The highest BCUT2D eigenvalue weighted by Gasteiger charge is 2.04. The van der Waals surface area contributed by atoms with Crippen molar-refractivity contribution in [1.82, 2.24) is 4.98 Å². The lowest BCUT2D eigenvalue weighted by Gasteiger charge is -2.04. The summed E-state index contributed by atoms with van der Waals surface area (Å²) in [5, 5.41) is 0. The molecule has 0 aliphatic rings. The van der Waals surface area contributed by atoms with E-state index in [2.05, 4.69) is 14.4 Å². The third-order valence-corrected chi connectivity index (χ3v) is 2.19. The van der Waals surface area contributed by atoms with Gasteiger partial charge in [-0.05, 0) is 12.1 Å². The van der Waals surface area contributed by atoms with Crippen molar-refractivity contribution in [3.63, 3.8) is 0 Å². The van der Waals surface area contributed by atoms with Gasteiger partial charge in [-0.25, -0.2) is 17.6 Å². The minimum absolute atomic E-state index is 0.0768. The zero-order chi connectivity index (χ0) is 11.5. The van der Waals surface area contributed by atoms with Crippen molar-refractivity contribution in [3.05, 3.63) is 18.2 Å². The van der Waals surface area contributed by atoms with Crippen LogP contribution in [0.4, 0.5) is 11.6 Å². The van der Waals surface area contributed by atoms with Crippen LogP contribution in [-0.4, -0.2) is 28.4 Å². The van der Waals surface area contributed by atoms with Crippen LogP contribution in [0.5, 0.6) is 0 Å². The van der Waals surface area contributed by atoms with Crippen LogP contribution in [0, 0.1) is 0 Å². The Balaban J connectivity index is 2.88. The van der Waals surface area contributed by atoms with Gasteiger partial charge in [0.15, 0.2) is 0 Å². The summed E-state index contributed by atoms with van der Waals surface area (Å²) < 4.78 is 44.9. The number of sulfonamides is 1. The van der Waals surface area contributed by atoms with Crippen LogP contribution >= 0.6 is 0 Å². The van der Waals surface area contributed by atoms with Crippen molar-refractivity contribution in [2.75, 3.05) is 15.7 Å². The van der Waals surface area contributed by atoms with Gasteiger partial charge < -0.3 is 0 Å². The zero-order valence-electron chi connectivity index (χ0n) is 7.67. The predicted octanol–water partition coefficient (Wildman–Crippen LogP) is 0.00170. The number of anilines is 2. The molecular weight excluding hydrogens is 242 g/mol. The highest BCUT2D eigenvalue weighted by molar-refractivity contribution is 7.92. The fourth-order valence-electron chi connectivity index (χ4n) is 0.828. The minimum Gasteiger partial charge on any atom is -0.289 e. The molecule has 0 aromatic carbocycles. The Morgan fingerprint density at radius 3 is 2.53 bits per heavy atom. The molecule has 1 unspecified atom stereocenters. The van der Waals surface area contributed by atoms with E-state index in [9.17, 15) is 12.6 Å². The second kappa shape index (κ2) is 4.55. The highest BCUT2D eigenvalue weighted by atomic mass is 32.2. The van der Waals surface area contributed by atoms with Crippen molar-refractivity contribution in [2.24, 2.45) is 0 Å². The van der Waals surface area contributed by atoms with Crippen LogP contribution in [0.15, 0.2) is 18.2 Å². The standard InChI is InChI=1S/C6H9N3O4S2/c1-15(12,13)9-6-4-2-3-5(7-6)8-14(10)11/h2-4H,1H3,(H,10,11)(H2,7,8,9). The second-order valence-electron chi connectivity index (χ2n) is 2.63. The molecule has 1 rings (SSSR count). The fourth-order valence-corrected chi connectivity index (χ4v) is 1.61. The second-order valence-corrected chi connectivity index (χ2v) is 5.08. The van der Waals surface area contributed by atoms with E-state index in [0.29, 0.717) is 0 Å². The van der Waals surface area contributed by atoms with E-state index in [4.69, 9.17) is 4.55 Å². The Morgan fingerprint density at radius 2 is 2.00 bits per heavy atom. The topological polar surface area (TPSA) is 108 Å². The van der Waals surface area contributed by atoms with E-state index in [0.717, 1.165) is 6.26 Å². The number of hydrogen-bond acceptors (Lipinski definition) is 4. The molecule has 0 amide bonds. The van der Waals surface area contributed by atoms with Gasteiger partial charge in [0.05, 0.1) is 6.26 Å². The van der Waals surface area contributed by atoms with E-state index in [1.54, 1.807) is 0 Å². The number of aromatic nitrogens is 1. The summed E-state index contributed by atoms with van der Waals surface area (Å²) in [6, 6.07) is 4.35. The molecule has 0 bridgehead atoms. The van der Waals surface area contributed by atoms with Gasteiger partial charge in [0.1, 0.15) is 11.6 Å². The monoisotopic (exact) mass is 251 g/mol. The molecule has 0 spiro atoms. The van der Waals surface area contributed by atoms with Crippen LogP contribution in [0.1, 0.15) is 0 Å². The molecule has 0 fully saturated rings. The van der Waals surface area contributed by atoms with Gasteiger partial charge in [0.2, 0.25) is 10.0 Å². The van der Waals surface area contributed by atoms with E-state index in [1.807, 2.05) is 0 Å². The molecule has 84 valence electrons. The third kappa shape index (κ3) is 4.72. The Morgan fingerprint density at radius 1 is 1.40 bits per heavy atom. The third-order valence-electron chi connectivity index (χ3n) is 1.23. The van der Waals surface area contributed by atoms with Crippen molar-refractivity contribution < 1.29 is 17.2 Å². The first-order valence-electron chi connectivity index (χ1n) is 3.69. The van der Waals surface area contributed by atoms with Gasteiger partial charge in [0.25, 0.3) is 11.3 Å². The SMILES string of the molecule is CS(=O)(=O)Nc1cccc(NS(=O)O)n1. The van der Waals surface area contributed by atoms with Gasteiger partial charge in [0, 0.05) is 0 Å². The first-order chi connectivity index (χ1) is 6.87. The van der Waals surface area contributed by atoms with E-state index < -0.39 is 21.3 Å². The molecule has 1 atom stereocenters. The van der Waals surface area contributed by atoms with Crippen molar-refractivity contribution in [3.8, 4) is 0 Å². The molecule has 3 N–H and O–H groups in total. The maximum atomic E-state index is 10.9. The van der Waals surface area contributed by atoms with E-state index in [-0.39, 0.29) is 11.6 Å². The molecule has 0 saturated carbocycles. The molecule has 0 aliphatic heterocycles. The fraction of sp³-hybridized carbons (Fsp3) is 0.167. The first-order valence-corrected chi connectivity index (χ1v) is 6.69. The van der Waals surface area contributed by atoms with Crippen LogP contribution in [0.25, 0.3) is 0 Å². The van der Waals surface area contributed by atoms with Crippen LogP contribution < -0.4 is 9.44 Å². The molecule has 1 heterocycles. The summed E-state index contributed by atoms with van der Waals surface area (Å²) in [6.45, 7) is 0. The average Bonchev–Trinajstić information content (AvgIpc) is 1.99. The minimum atomic E-state index is -3.40. The summed E-state index contributed by atoms with van der Waals surface area (Å²) in [5.74, 6) is 0.178. The predicted molar refractivity (Wildman–Crippen MR) is 57.1 cm³/mol. The number of hydrogen-bond donors (Lipinski definition) is 3. The molecule has 0 aliphatic carbocycles. The Labute approximate surface area is 89.4 Å². The number of pyridine rings is 1. The molecule has 7 nitrogen and oxygen atoms in total. The molecular formula is C6H9N3O4S2. The van der Waals surface area contributed by atoms with Gasteiger partial charge >= 0.3 is 0 Å². The lowest BCUT2D eigenvalue weighted by Crippen LogP contribution is -2.12. The van der Waals surface area contributed by atoms with Crippen molar-refractivity contribution >= 4 is 32.9 Å². The molecule has 9 heteroatoms. The Bertz CT molecular complexity index is 473.